The van der Waals surface area contributed by atoms with Gasteiger partial charge in [0.25, 0.3) is 0 Å². The van der Waals surface area contributed by atoms with Gasteiger partial charge >= 0.3 is 0 Å². The smallest absolute Gasteiger partial charge is 0.214 e. The first kappa shape index (κ1) is 15.0. The number of ether oxygens (including phenoxy) is 2. The molecule has 0 aliphatic carbocycles. The van der Waals surface area contributed by atoms with Crippen molar-refractivity contribution in [3.63, 3.8) is 0 Å². The van der Waals surface area contributed by atoms with E-state index < -0.39 is 6.10 Å². The van der Waals surface area contributed by atoms with Crippen LogP contribution in [-0.2, 0) is 4.74 Å². The van der Waals surface area contributed by atoms with Crippen molar-refractivity contribution in [2.75, 3.05) is 33.4 Å². The number of Topliss-reactive ketones (excluding diaryl/α,β-unsaturated/α-hetero) is 1. The Morgan fingerprint density at radius 2 is 2.35 bits per heavy atom. The zero-order chi connectivity index (χ0) is 14.7. The molecule has 1 saturated heterocycles. The molecule has 0 aromatic carbocycles. The molecule has 6 heteroatoms. The van der Waals surface area contributed by atoms with E-state index in [2.05, 4.69) is 16.9 Å². The maximum Gasteiger partial charge on any atom is 0.214 e. The van der Waals surface area contributed by atoms with Crippen LogP contribution in [0.25, 0.3) is 0 Å². The van der Waals surface area contributed by atoms with E-state index in [0.29, 0.717) is 24.6 Å². The summed E-state index contributed by atoms with van der Waals surface area (Å²) in [7, 11) is 1.55. The molecule has 2 heterocycles. The lowest BCUT2D eigenvalue weighted by atomic mass is 10.1. The number of hydrogen-bond donors (Lipinski definition) is 0. The van der Waals surface area contributed by atoms with Crippen LogP contribution in [-0.4, -0.2) is 59.9 Å². The molecule has 0 amide bonds. The normalized spacial score (nSPS) is 20.4. The van der Waals surface area contributed by atoms with Crippen molar-refractivity contribution < 1.29 is 14.3 Å². The van der Waals surface area contributed by atoms with Gasteiger partial charge in [-0.3, -0.25) is 14.4 Å². The lowest BCUT2D eigenvalue weighted by molar-refractivity contribution is -0.0155. The molecular weight excluding hydrogens is 258 g/mol. The summed E-state index contributed by atoms with van der Waals surface area (Å²) < 4.78 is 12.6. The van der Waals surface area contributed by atoms with Gasteiger partial charge in [-0.05, 0) is 20.4 Å². The summed E-state index contributed by atoms with van der Waals surface area (Å²) >= 11 is 0. The van der Waals surface area contributed by atoms with E-state index in [1.165, 1.54) is 0 Å². The van der Waals surface area contributed by atoms with Gasteiger partial charge in [0.15, 0.2) is 5.75 Å². The van der Waals surface area contributed by atoms with Gasteiger partial charge in [0.1, 0.15) is 11.8 Å². The topological polar surface area (TPSA) is 56.6 Å². The third-order valence-corrected chi connectivity index (χ3v) is 3.59. The van der Waals surface area contributed by atoms with Crippen LogP contribution in [0.5, 0.6) is 5.75 Å². The van der Waals surface area contributed by atoms with E-state index in [0.717, 1.165) is 13.1 Å². The molecule has 0 bridgehead atoms. The summed E-state index contributed by atoms with van der Waals surface area (Å²) in [5, 5.41) is 4.24. The first-order valence-electron chi connectivity index (χ1n) is 7.08. The van der Waals surface area contributed by atoms with Gasteiger partial charge in [-0.15, -0.1) is 0 Å². The number of methoxy groups -OCH3 is 1. The fraction of sp³-hybridized carbons (Fsp3) is 0.714. The number of rotatable bonds is 5. The van der Waals surface area contributed by atoms with E-state index >= 15 is 0 Å². The molecule has 2 rings (SSSR count). The van der Waals surface area contributed by atoms with E-state index in [4.69, 9.17) is 9.47 Å². The minimum atomic E-state index is -0.438. The number of nitrogens with zero attached hydrogens (tertiary/aromatic N) is 3. The SMILES string of the molecule is CCN1CCOC(C(=O)c2c(OC)cnn2C(C)C)C1. The van der Waals surface area contributed by atoms with Crippen LogP contribution < -0.4 is 4.74 Å². The first-order chi connectivity index (χ1) is 9.58. The lowest BCUT2D eigenvalue weighted by Crippen LogP contribution is -2.46. The van der Waals surface area contributed by atoms with Gasteiger partial charge in [-0.25, -0.2) is 0 Å². The maximum atomic E-state index is 12.7. The standard InChI is InChI=1S/C14H23N3O3/c1-5-16-6-7-20-12(9-16)14(18)13-11(19-4)8-15-17(13)10(2)3/h8,10,12H,5-7,9H2,1-4H3. The van der Waals surface area contributed by atoms with Gasteiger partial charge in [0, 0.05) is 19.1 Å². The number of likely N-dealkylation sites (N-methyl/N-ethyl adjacent to an activating group) is 1. The lowest BCUT2D eigenvalue weighted by Gasteiger charge is -2.31. The Morgan fingerprint density at radius 1 is 1.60 bits per heavy atom. The molecule has 20 heavy (non-hydrogen) atoms. The third kappa shape index (κ3) is 2.86. The Hall–Kier alpha value is -1.40. The molecule has 1 aliphatic heterocycles. The Balaban J connectivity index is 2.26. The molecule has 0 spiro atoms. The Bertz CT molecular complexity index is 470. The molecule has 1 aromatic rings. The Kier molecular flexibility index (Phi) is 4.77. The fourth-order valence-corrected chi connectivity index (χ4v) is 2.42. The number of morpholine rings is 1. The zero-order valence-electron chi connectivity index (χ0n) is 12.6. The van der Waals surface area contributed by atoms with Crippen LogP contribution in [0.3, 0.4) is 0 Å². The summed E-state index contributed by atoms with van der Waals surface area (Å²) in [6.07, 6.45) is 1.15. The molecule has 1 atom stereocenters. The summed E-state index contributed by atoms with van der Waals surface area (Å²) in [4.78, 5) is 15.0. The Morgan fingerprint density at radius 3 is 2.95 bits per heavy atom. The molecule has 0 radical (unpaired) electrons. The average Bonchev–Trinajstić information content (AvgIpc) is 2.90. The van der Waals surface area contributed by atoms with Crippen LogP contribution in [0.2, 0.25) is 0 Å². The Labute approximate surface area is 119 Å². The summed E-state index contributed by atoms with van der Waals surface area (Å²) in [5.41, 5.74) is 0.505. The van der Waals surface area contributed by atoms with Crippen LogP contribution in [0.4, 0.5) is 0 Å². The van der Waals surface area contributed by atoms with Crippen LogP contribution in [0.1, 0.15) is 37.3 Å². The van der Waals surface area contributed by atoms with Crippen molar-refractivity contribution in [2.45, 2.75) is 32.9 Å². The monoisotopic (exact) mass is 281 g/mol. The quantitative estimate of drug-likeness (QED) is 0.763. The zero-order valence-corrected chi connectivity index (χ0v) is 12.6. The molecule has 1 fully saturated rings. The van der Waals surface area contributed by atoms with E-state index in [-0.39, 0.29) is 11.8 Å². The van der Waals surface area contributed by atoms with Crippen molar-refractivity contribution >= 4 is 5.78 Å². The minimum Gasteiger partial charge on any atom is -0.493 e. The van der Waals surface area contributed by atoms with E-state index in [1.54, 1.807) is 18.0 Å². The first-order valence-corrected chi connectivity index (χ1v) is 7.08. The highest BCUT2D eigenvalue weighted by Crippen LogP contribution is 2.24. The number of ketones is 1. The van der Waals surface area contributed by atoms with Crippen LogP contribution in [0.15, 0.2) is 6.20 Å². The second-order valence-electron chi connectivity index (χ2n) is 5.22. The van der Waals surface area contributed by atoms with E-state index in [1.807, 2.05) is 13.8 Å². The molecule has 0 N–H and O–H groups in total. The van der Waals surface area contributed by atoms with Crippen molar-refractivity contribution in [1.29, 1.82) is 0 Å². The molecule has 1 aliphatic rings. The summed E-state index contributed by atoms with van der Waals surface area (Å²) in [6.45, 7) is 9.08. The van der Waals surface area contributed by atoms with Gasteiger partial charge in [0.05, 0.1) is 19.9 Å². The fourth-order valence-electron chi connectivity index (χ4n) is 2.42. The minimum absolute atomic E-state index is 0.0498. The highest BCUT2D eigenvalue weighted by atomic mass is 16.5. The number of aromatic nitrogens is 2. The van der Waals surface area contributed by atoms with Crippen LogP contribution in [0, 0.1) is 0 Å². The van der Waals surface area contributed by atoms with Gasteiger partial charge < -0.3 is 9.47 Å². The molecule has 0 saturated carbocycles. The largest absolute Gasteiger partial charge is 0.493 e. The maximum absolute atomic E-state index is 12.7. The van der Waals surface area contributed by atoms with Gasteiger partial charge in [0.2, 0.25) is 5.78 Å². The highest BCUT2D eigenvalue weighted by molar-refractivity contribution is 6.00. The van der Waals surface area contributed by atoms with Gasteiger partial charge in [-0.1, -0.05) is 6.92 Å². The van der Waals surface area contributed by atoms with Crippen molar-refractivity contribution in [3.8, 4) is 5.75 Å². The molecule has 6 nitrogen and oxygen atoms in total. The molecule has 1 aromatic heterocycles. The third-order valence-electron chi connectivity index (χ3n) is 3.59. The number of hydrogen-bond acceptors (Lipinski definition) is 5. The van der Waals surface area contributed by atoms with Gasteiger partial charge in [-0.2, -0.15) is 5.10 Å². The summed E-state index contributed by atoms with van der Waals surface area (Å²) in [5.74, 6) is 0.465. The second-order valence-corrected chi connectivity index (χ2v) is 5.22. The van der Waals surface area contributed by atoms with Crippen LogP contribution >= 0.6 is 0 Å². The predicted octanol–water partition coefficient (Wildman–Crippen LogP) is 1.38. The van der Waals surface area contributed by atoms with E-state index in [9.17, 15) is 4.79 Å². The predicted molar refractivity (Wildman–Crippen MR) is 75.3 cm³/mol. The molecular formula is C14H23N3O3. The van der Waals surface area contributed by atoms with Crippen molar-refractivity contribution in [3.05, 3.63) is 11.9 Å². The van der Waals surface area contributed by atoms with Crippen molar-refractivity contribution in [2.24, 2.45) is 0 Å². The molecule has 112 valence electrons. The number of carbonyl (C=O) groups is 1. The average molecular weight is 281 g/mol. The van der Waals surface area contributed by atoms with Crippen molar-refractivity contribution in [1.82, 2.24) is 14.7 Å². The summed E-state index contributed by atoms with van der Waals surface area (Å²) in [6, 6.07) is 0.101. The molecule has 1 unspecified atom stereocenters. The number of carbonyl (C=O) groups excluding carboxylic acids is 1. The highest BCUT2D eigenvalue weighted by Gasteiger charge is 2.32. The second kappa shape index (κ2) is 6.37.